The number of carbonyl (C=O) groups is 1. The number of aryl methyl sites for hydroxylation is 1. The van der Waals surface area contributed by atoms with Crippen molar-refractivity contribution in [2.75, 3.05) is 0 Å². The minimum atomic E-state index is -0.117. The molecule has 1 heterocycles. The third-order valence-corrected chi connectivity index (χ3v) is 5.77. The van der Waals surface area contributed by atoms with Crippen LogP contribution in [0.15, 0.2) is 48.5 Å². The zero-order valence-electron chi connectivity index (χ0n) is 16.0. The zero-order chi connectivity index (χ0) is 18.6. The van der Waals surface area contributed by atoms with Crippen LogP contribution in [0.25, 0.3) is 11.1 Å². The Morgan fingerprint density at radius 1 is 0.963 bits per heavy atom. The first-order valence-electron chi connectivity index (χ1n) is 10.3. The number of epoxide rings is 1. The Balaban J connectivity index is 1.33. The largest absolute Gasteiger partial charge is 0.426 e. The summed E-state index contributed by atoms with van der Waals surface area (Å²) in [5.74, 6) is 0.487. The van der Waals surface area contributed by atoms with Crippen molar-refractivity contribution in [3.8, 4) is 16.9 Å². The highest BCUT2D eigenvalue weighted by molar-refractivity contribution is 5.76. The fraction of sp³-hybridized carbons (Fsp3) is 0.458. The lowest BCUT2D eigenvalue weighted by atomic mass is 9.89. The molecule has 3 unspecified atom stereocenters. The summed E-state index contributed by atoms with van der Waals surface area (Å²) in [6.45, 7) is 2.23. The molecule has 27 heavy (non-hydrogen) atoms. The maximum Gasteiger partial charge on any atom is 0.314 e. The van der Waals surface area contributed by atoms with Gasteiger partial charge in [-0.3, -0.25) is 4.79 Å². The van der Waals surface area contributed by atoms with Gasteiger partial charge in [-0.25, -0.2) is 0 Å². The maximum absolute atomic E-state index is 12.4. The molecular weight excluding hydrogens is 336 g/mol. The van der Waals surface area contributed by atoms with Crippen molar-refractivity contribution in [2.45, 2.75) is 64.1 Å². The summed E-state index contributed by atoms with van der Waals surface area (Å²) in [6.07, 6.45) is 8.32. The average Bonchev–Trinajstić information content (AvgIpc) is 3.48. The molecular formula is C24H28O3. The van der Waals surface area contributed by atoms with Gasteiger partial charge in [0.25, 0.3) is 0 Å². The highest BCUT2D eigenvalue weighted by Gasteiger charge is 2.46. The number of unbranched alkanes of at least 4 members (excludes halogenated alkanes) is 2. The summed E-state index contributed by atoms with van der Waals surface area (Å²) in [6, 6.07) is 16.6. The topological polar surface area (TPSA) is 38.8 Å². The number of esters is 1. The second-order valence-corrected chi connectivity index (χ2v) is 7.82. The maximum atomic E-state index is 12.4. The number of benzene rings is 2. The van der Waals surface area contributed by atoms with Crippen LogP contribution in [0.2, 0.25) is 0 Å². The molecule has 1 aliphatic heterocycles. The monoisotopic (exact) mass is 364 g/mol. The third-order valence-electron chi connectivity index (χ3n) is 5.77. The second kappa shape index (κ2) is 8.26. The molecule has 0 aromatic heterocycles. The molecule has 1 saturated carbocycles. The summed E-state index contributed by atoms with van der Waals surface area (Å²) in [4.78, 5) is 12.4. The van der Waals surface area contributed by atoms with Crippen LogP contribution in [0.4, 0.5) is 0 Å². The predicted octanol–water partition coefficient (Wildman–Crippen LogP) is 5.56. The van der Waals surface area contributed by atoms with Crippen molar-refractivity contribution in [3.63, 3.8) is 0 Å². The molecule has 2 aliphatic rings. The third kappa shape index (κ3) is 4.59. The van der Waals surface area contributed by atoms with E-state index in [1.807, 2.05) is 24.3 Å². The van der Waals surface area contributed by atoms with E-state index >= 15 is 0 Å². The smallest absolute Gasteiger partial charge is 0.314 e. The molecule has 0 amide bonds. The van der Waals surface area contributed by atoms with Crippen molar-refractivity contribution >= 4 is 5.97 Å². The van der Waals surface area contributed by atoms with Crippen LogP contribution in [0.5, 0.6) is 5.75 Å². The van der Waals surface area contributed by atoms with Crippen LogP contribution in [0.3, 0.4) is 0 Å². The molecule has 4 rings (SSSR count). The van der Waals surface area contributed by atoms with Gasteiger partial charge >= 0.3 is 5.97 Å². The SMILES string of the molecule is CCCCCc1ccc(-c2ccc(OC(=O)C3CCC4OC4C3)cc2)cc1. The summed E-state index contributed by atoms with van der Waals surface area (Å²) < 4.78 is 11.1. The Hall–Kier alpha value is -2.13. The van der Waals surface area contributed by atoms with Crippen molar-refractivity contribution in [1.82, 2.24) is 0 Å². The Labute approximate surface area is 161 Å². The first kappa shape index (κ1) is 18.2. The van der Waals surface area contributed by atoms with Gasteiger partial charge in [0, 0.05) is 0 Å². The average molecular weight is 364 g/mol. The second-order valence-electron chi connectivity index (χ2n) is 7.82. The summed E-state index contributed by atoms with van der Waals surface area (Å²) in [7, 11) is 0. The molecule has 0 bridgehead atoms. The molecule has 3 nitrogen and oxygen atoms in total. The van der Waals surface area contributed by atoms with Crippen molar-refractivity contribution in [1.29, 1.82) is 0 Å². The lowest BCUT2D eigenvalue weighted by molar-refractivity contribution is -0.139. The van der Waals surface area contributed by atoms with E-state index in [0.717, 1.165) is 31.2 Å². The van der Waals surface area contributed by atoms with Crippen LogP contribution in [-0.2, 0) is 16.0 Å². The zero-order valence-corrected chi connectivity index (χ0v) is 16.0. The van der Waals surface area contributed by atoms with Gasteiger partial charge in [0.2, 0.25) is 0 Å². The highest BCUT2D eigenvalue weighted by Crippen LogP contribution is 2.40. The molecule has 1 saturated heterocycles. The van der Waals surface area contributed by atoms with E-state index in [0.29, 0.717) is 18.0 Å². The van der Waals surface area contributed by atoms with Crippen molar-refractivity contribution < 1.29 is 14.3 Å². The molecule has 0 spiro atoms. The van der Waals surface area contributed by atoms with Gasteiger partial charge in [-0.2, -0.15) is 0 Å². The van der Waals surface area contributed by atoms with E-state index < -0.39 is 0 Å². The van der Waals surface area contributed by atoms with E-state index in [-0.39, 0.29) is 11.9 Å². The van der Waals surface area contributed by atoms with Crippen molar-refractivity contribution in [2.24, 2.45) is 5.92 Å². The van der Waals surface area contributed by atoms with E-state index in [9.17, 15) is 4.79 Å². The lowest BCUT2D eigenvalue weighted by Crippen LogP contribution is -2.25. The fourth-order valence-corrected chi connectivity index (χ4v) is 3.98. The normalized spacial score (nSPS) is 23.5. The van der Waals surface area contributed by atoms with Crippen LogP contribution in [0.1, 0.15) is 51.0 Å². The number of hydrogen-bond acceptors (Lipinski definition) is 3. The van der Waals surface area contributed by atoms with Gasteiger partial charge in [-0.05, 0) is 60.9 Å². The highest BCUT2D eigenvalue weighted by atomic mass is 16.6. The van der Waals surface area contributed by atoms with Gasteiger partial charge in [-0.15, -0.1) is 0 Å². The number of fused-ring (bicyclic) bond motifs is 1. The quantitative estimate of drug-likeness (QED) is 0.279. The molecule has 142 valence electrons. The van der Waals surface area contributed by atoms with Gasteiger partial charge < -0.3 is 9.47 Å². The van der Waals surface area contributed by atoms with Crippen molar-refractivity contribution in [3.05, 3.63) is 54.1 Å². The summed E-state index contributed by atoms with van der Waals surface area (Å²) in [5, 5.41) is 0. The summed E-state index contributed by atoms with van der Waals surface area (Å²) >= 11 is 0. The van der Waals surface area contributed by atoms with Crippen LogP contribution in [-0.4, -0.2) is 18.2 Å². The Bertz CT molecular complexity index is 763. The summed E-state index contributed by atoms with van der Waals surface area (Å²) in [5.41, 5.74) is 3.73. The Morgan fingerprint density at radius 3 is 2.33 bits per heavy atom. The van der Waals surface area contributed by atoms with Crippen LogP contribution < -0.4 is 4.74 Å². The molecule has 1 aliphatic carbocycles. The van der Waals surface area contributed by atoms with Gasteiger partial charge in [0.15, 0.2) is 0 Å². The van der Waals surface area contributed by atoms with E-state index in [1.54, 1.807) is 0 Å². The Morgan fingerprint density at radius 2 is 1.67 bits per heavy atom. The van der Waals surface area contributed by atoms with E-state index in [4.69, 9.17) is 9.47 Å². The van der Waals surface area contributed by atoms with Gasteiger partial charge in [-0.1, -0.05) is 56.2 Å². The van der Waals surface area contributed by atoms with Gasteiger partial charge in [0.1, 0.15) is 5.75 Å². The molecule has 2 aromatic carbocycles. The number of carbonyl (C=O) groups excluding carboxylic acids is 1. The standard InChI is InChI=1S/C24H28O3/c1-2-3-4-5-17-6-8-18(9-7-17)19-10-13-21(14-11-19)26-24(25)20-12-15-22-23(16-20)27-22/h6-11,13-14,20,22-23H,2-5,12,15-16H2,1H3. The van der Waals surface area contributed by atoms with E-state index in [1.165, 1.54) is 30.4 Å². The fourth-order valence-electron chi connectivity index (χ4n) is 3.98. The van der Waals surface area contributed by atoms with E-state index in [2.05, 4.69) is 31.2 Å². The Kier molecular flexibility index (Phi) is 5.58. The van der Waals surface area contributed by atoms with Crippen LogP contribution in [0, 0.1) is 5.92 Å². The minimum absolute atomic E-state index is 0.0197. The minimum Gasteiger partial charge on any atom is -0.426 e. The van der Waals surface area contributed by atoms with Crippen LogP contribution >= 0.6 is 0 Å². The molecule has 2 fully saturated rings. The first-order chi connectivity index (χ1) is 13.2. The number of rotatable bonds is 7. The molecule has 0 radical (unpaired) electrons. The first-order valence-corrected chi connectivity index (χ1v) is 10.3. The molecule has 3 heteroatoms. The van der Waals surface area contributed by atoms with Gasteiger partial charge in [0.05, 0.1) is 18.1 Å². The lowest BCUT2D eigenvalue weighted by Gasteiger charge is -2.17. The molecule has 2 aromatic rings. The number of hydrogen-bond donors (Lipinski definition) is 0. The predicted molar refractivity (Wildman–Crippen MR) is 107 cm³/mol. The molecule has 3 atom stereocenters. The number of ether oxygens (including phenoxy) is 2. The molecule has 0 N–H and O–H groups in total.